The van der Waals surface area contributed by atoms with Crippen molar-refractivity contribution >= 4 is 5.97 Å². The number of aliphatic carboxylic acids is 1. The van der Waals surface area contributed by atoms with Crippen LogP contribution in [0.4, 0.5) is 0 Å². The summed E-state index contributed by atoms with van der Waals surface area (Å²) in [6.45, 7) is 3.31. The van der Waals surface area contributed by atoms with Crippen molar-refractivity contribution in [3.8, 4) is 11.8 Å². The minimum atomic E-state index is -1.40. The predicted molar refractivity (Wildman–Crippen MR) is 34.2 cm³/mol. The van der Waals surface area contributed by atoms with Gasteiger partial charge in [-0.15, -0.1) is 0 Å². The van der Waals surface area contributed by atoms with Crippen molar-refractivity contribution in [2.24, 2.45) is 5.84 Å². The second-order valence-electron chi connectivity index (χ2n) is 2.31. The molecule has 11 heavy (non-hydrogen) atoms. The Morgan fingerprint density at radius 3 is 2.36 bits per heavy atom. The van der Waals surface area contributed by atoms with E-state index in [4.69, 9.17) is 5.84 Å². The topological polar surface area (TPSA) is 78.2 Å². The number of hydrazine groups is 1. The summed E-state index contributed by atoms with van der Waals surface area (Å²) in [6.07, 6.45) is 0. The maximum atomic E-state index is 9.81. The first-order valence-electron chi connectivity index (χ1n) is 2.70. The van der Waals surface area contributed by atoms with Crippen LogP contribution in [0, 0.1) is 11.8 Å². The number of carbonyl (C=O) groups excluding carboxylic acids is 1. The third-order valence-corrected chi connectivity index (χ3v) is 0.838. The first kappa shape index (κ1) is 13.5. The molecule has 0 fully saturated rings. The third kappa shape index (κ3) is 7.85. The standard InChI is InChI=1S/C6H10N2O2.Na/c1-6(2,8-7)4-3-5(9)10;/h8H,7H2,1-2H3,(H,9,10);/q;+1/p-1. The number of hydrogen-bond acceptors (Lipinski definition) is 4. The minimum absolute atomic E-state index is 0. The molecule has 0 saturated carbocycles. The molecule has 0 aliphatic carbocycles. The van der Waals surface area contributed by atoms with Crippen LogP contribution in [-0.2, 0) is 4.79 Å². The predicted octanol–water partition coefficient (Wildman–Crippen LogP) is -5.01. The van der Waals surface area contributed by atoms with Crippen molar-refractivity contribution in [3.63, 3.8) is 0 Å². The van der Waals surface area contributed by atoms with E-state index < -0.39 is 11.5 Å². The van der Waals surface area contributed by atoms with Crippen LogP contribution in [0.5, 0.6) is 0 Å². The summed E-state index contributed by atoms with van der Waals surface area (Å²) in [5.41, 5.74) is 1.65. The number of rotatable bonds is 1. The van der Waals surface area contributed by atoms with Crippen molar-refractivity contribution in [1.82, 2.24) is 5.43 Å². The fourth-order valence-electron chi connectivity index (χ4n) is 0.243. The number of carbonyl (C=O) groups is 1. The minimum Gasteiger partial charge on any atom is -0.537 e. The summed E-state index contributed by atoms with van der Waals surface area (Å²) in [6, 6.07) is 0. The fourth-order valence-corrected chi connectivity index (χ4v) is 0.243. The maximum absolute atomic E-state index is 9.81. The molecule has 0 aromatic carbocycles. The zero-order valence-electron chi connectivity index (χ0n) is 6.89. The maximum Gasteiger partial charge on any atom is 1.00 e. The van der Waals surface area contributed by atoms with Gasteiger partial charge in [-0.05, 0) is 19.8 Å². The molecule has 3 N–H and O–H groups in total. The van der Waals surface area contributed by atoms with Gasteiger partial charge in [-0.2, -0.15) is 0 Å². The van der Waals surface area contributed by atoms with Crippen molar-refractivity contribution in [2.75, 3.05) is 0 Å². The molecule has 0 radical (unpaired) electrons. The monoisotopic (exact) mass is 164 g/mol. The van der Waals surface area contributed by atoms with Gasteiger partial charge in [0.15, 0.2) is 0 Å². The molecule has 56 valence electrons. The molecule has 0 amide bonds. The Morgan fingerprint density at radius 1 is 1.64 bits per heavy atom. The van der Waals surface area contributed by atoms with Gasteiger partial charge in [0.05, 0.1) is 5.54 Å². The van der Waals surface area contributed by atoms with Gasteiger partial charge in [-0.25, -0.2) is 5.43 Å². The second-order valence-corrected chi connectivity index (χ2v) is 2.31. The van der Waals surface area contributed by atoms with E-state index in [0.29, 0.717) is 0 Å². The molecule has 5 heteroatoms. The van der Waals surface area contributed by atoms with E-state index in [-0.39, 0.29) is 29.6 Å². The zero-order valence-corrected chi connectivity index (χ0v) is 8.89. The molecule has 0 rings (SSSR count). The van der Waals surface area contributed by atoms with E-state index in [2.05, 4.69) is 11.3 Å². The van der Waals surface area contributed by atoms with E-state index in [1.165, 1.54) is 0 Å². The first-order valence-corrected chi connectivity index (χ1v) is 2.70. The molecule has 0 aliphatic rings. The smallest absolute Gasteiger partial charge is 0.537 e. The Bertz CT molecular complexity index is 192. The van der Waals surface area contributed by atoms with Gasteiger partial charge in [0.25, 0.3) is 0 Å². The van der Waals surface area contributed by atoms with Crippen LogP contribution in [0.2, 0.25) is 0 Å². The van der Waals surface area contributed by atoms with E-state index in [1.54, 1.807) is 13.8 Å². The molecular formula is C6H9N2NaO2. The van der Waals surface area contributed by atoms with Gasteiger partial charge in [-0.1, -0.05) is 5.92 Å². The molecule has 0 bridgehead atoms. The average molecular weight is 164 g/mol. The molecular weight excluding hydrogens is 155 g/mol. The Morgan fingerprint density at radius 2 is 2.09 bits per heavy atom. The van der Waals surface area contributed by atoms with Crippen LogP contribution in [0.25, 0.3) is 0 Å². The number of carboxylic acid groups (broad SMARTS) is 1. The Labute approximate surface area is 87.8 Å². The summed E-state index contributed by atoms with van der Waals surface area (Å²) in [7, 11) is 0. The summed E-state index contributed by atoms with van der Waals surface area (Å²) < 4.78 is 0. The molecule has 0 unspecified atom stereocenters. The van der Waals surface area contributed by atoms with Crippen LogP contribution >= 0.6 is 0 Å². The van der Waals surface area contributed by atoms with Gasteiger partial charge in [0.1, 0.15) is 5.97 Å². The zero-order chi connectivity index (χ0) is 8.20. The van der Waals surface area contributed by atoms with Crippen LogP contribution in [0.3, 0.4) is 0 Å². The second kappa shape index (κ2) is 5.58. The third-order valence-electron chi connectivity index (χ3n) is 0.838. The van der Waals surface area contributed by atoms with Crippen molar-refractivity contribution < 1.29 is 39.5 Å². The Balaban J connectivity index is 0. The molecule has 0 aromatic rings. The van der Waals surface area contributed by atoms with Crippen molar-refractivity contribution in [1.29, 1.82) is 0 Å². The number of nitrogens with one attached hydrogen (secondary N) is 1. The van der Waals surface area contributed by atoms with Crippen molar-refractivity contribution in [3.05, 3.63) is 0 Å². The molecule has 0 heterocycles. The SMILES string of the molecule is CC(C)(C#CC(=O)[O-])NN.[Na+]. The number of hydrogen-bond donors (Lipinski definition) is 2. The molecule has 0 aromatic heterocycles. The normalized spacial score (nSPS) is 9.00. The van der Waals surface area contributed by atoms with Crippen LogP contribution < -0.4 is 45.9 Å². The molecule has 0 aliphatic heterocycles. The van der Waals surface area contributed by atoms with Gasteiger partial charge in [0, 0.05) is 0 Å². The summed E-state index contributed by atoms with van der Waals surface area (Å²) >= 11 is 0. The average Bonchev–Trinajstić information content (AvgIpc) is 1.85. The van der Waals surface area contributed by atoms with E-state index in [0.717, 1.165) is 0 Å². The molecule has 0 saturated heterocycles. The van der Waals surface area contributed by atoms with Crippen LogP contribution in [-0.4, -0.2) is 11.5 Å². The summed E-state index contributed by atoms with van der Waals surface area (Å²) in [4.78, 5) is 9.81. The van der Waals surface area contributed by atoms with E-state index in [1.807, 2.05) is 5.92 Å². The number of carboxylic acids is 1. The molecule has 4 nitrogen and oxygen atoms in total. The van der Waals surface area contributed by atoms with Gasteiger partial charge < -0.3 is 9.90 Å². The van der Waals surface area contributed by atoms with Gasteiger partial charge in [-0.3, -0.25) is 5.84 Å². The Kier molecular flexibility index (Phi) is 6.87. The molecule has 0 spiro atoms. The summed E-state index contributed by atoms with van der Waals surface area (Å²) in [5, 5.41) is 9.81. The quantitative estimate of drug-likeness (QED) is 0.176. The summed E-state index contributed by atoms with van der Waals surface area (Å²) in [5.74, 6) is 7.84. The van der Waals surface area contributed by atoms with Gasteiger partial charge >= 0.3 is 29.6 Å². The largest absolute Gasteiger partial charge is 1.00 e. The molecule has 0 atom stereocenters. The van der Waals surface area contributed by atoms with E-state index in [9.17, 15) is 9.90 Å². The first-order chi connectivity index (χ1) is 4.48. The van der Waals surface area contributed by atoms with Crippen molar-refractivity contribution in [2.45, 2.75) is 19.4 Å². The van der Waals surface area contributed by atoms with E-state index >= 15 is 0 Å². The Hall–Kier alpha value is -0.0500. The van der Waals surface area contributed by atoms with Crippen LogP contribution in [0.1, 0.15) is 13.8 Å². The van der Waals surface area contributed by atoms with Crippen LogP contribution in [0.15, 0.2) is 0 Å². The van der Waals surface area contributed by atoms with Gasteiger partial charge in [0.2, 0.25) is 0 Å². The fraction of sp³-hybridized carbons (Fsp3) is 0.500. The number of nitrogens with two attached hydrogens (primary N) is 1.